The van der Waals surface area contributed by atoms with Gasteiger partial charge in [-0.1, -0.05) is 53.3 Å². The van der Waals surface area contributed by atoms with Gasteiger partial charge in [0.1, 0.15) is 6.61 Å². The van der Waals surface area contributed by atoms with E-state index in [2.05, 4.69) is 12.7 Å². The predicted molar refractivity (Wildman–Crippen MR) is 88.9 cm³/mol. The van der Waals surface area contributed by atoms with E-state index < -0.39 is 28.6 Å². The fraction of sp³-hybridized carbons (Fsp3) is 0.312. The molecule has 0 fully saturated rings. The minimum atomic E-state index is -2.73. The number of alkyl halides is 3. The van der Waals surface area contributed by atoms with Gasteiger partial charge in [0.25, 0.3) is 6.43 Å². The van der Waals surface area contributed by atoms with E-state index in [1.165, 1.54) is 24.3 Å². The Morgan fingerprint density at radius 3 is 2.83 bits per heavy atom. The SMILES string of the molecule is C=CCOc1cccc(F)c1C1=[C-]CC(I)C(=O)N1CC(F)F.[Y]. The summed E-state index contributed by atoms with van der Waals surface area (Å²) in [6.45, 7) is 2.83. The number of carbonyl (C=O) groups is 1. The van der Waals surface area contributed by atoms with Gasteiger partial charge in [-0.3, -0.25) is 4.79 Å². The Morgan fingerprint density at radius 2 is 2.21 bits per heavy atom. The van der Waals surface area contributed by atoms with Crippen molar-refractivity contribution in [3.05, 3.63) is 48.3 Å². The number of ether oxygens (including phenoxy) is 1. The molecule has 1 atom stereocenters. The molecule has 1 amide bonds. The third-order valence-electron chi connectivity index (χ3n) is 3.14. The maximum Gasteiger partial charge on any atom is 0.256 e. The standard InChI is InChI=1S/C16H14F3INO2.Y/c1-2-8-23-13-5-3-4-10(17)15(13)12-7-6-11(20)16(22)21(12)9-14(18)19;/h2-5,11,14H,1,6,8-9H2;/q-1;. The average molecular weight is 525 g/mol. The second kappa shape index (κ2) is 9.92. The Kier molecular flexibility index (Phi) is 8.94. The molecular weight excluding hydrogens is 511 g/mol. The minimum absolute atomic E-state index is 0. The van der Waals surface area contributed by atoms with Gasteiger partial charge in [0, 0.05) is 32.7 Å². The third-order valence-corrected chi connectivity index (χ3v) is 4.12. The van der Waals surface area contributed by atoms with Gasteiger partial charge in [-0.2, -0.15) is 0 Å². The van der Waals surface area contributed by atoms with Gasteiger partial charge in [0.2, 0.25) is 5.91 Å². The molecule has 0 aromatic heterocycles. The van der Waals surface area contributed by atoms with Gasteiger partial charge in [-0.25, -0.2) is 19.2 Å². The van der Waals surface area contributed by atoms with Crippen LogP contribution in [-0.4, -0.2) is 34.3 Å². The van der Waals surface area contributed by atoms with E-state index in [1.54, 1.807) is 0 Å². The van der Waals surface area contributed by atoms with Crippen molar-refractivity contribution in [2.45, 2.75) is 16.8 Å². The van der Waals surface area contributed by atoms with Crippen molar-refractivity contribution in [1.82, 2.24) is 4.90 Å². The molecule has 127 valence electrons. The van der Waals surface area contributed by atoms with Crippen LogP contribution < -0.4 is 4.74 Å². The van der Waals surface area contributed by atoms with E-state index in [9.17, 15) is 18.0 Å². The van der Waals surface area contributed by atoms with E-state index in [0.717, 1.165) is 4.90 Å². The molecular formula is C16H14F3INO2Y-. The molecule has 0 spiro atoms. The summed E-state index contributed by atoms with van der Waals surface area (Å²) in [6.07, 6.45) is 1.84. The van der Waals surface area contributed by atoms with Gasteiger partial charge in [-0.15, -0.1) is 5.70 Å². The van der Waals surface area contributed by atoms with Crippen molar-refractivity contribution in [1.29, 1.82) is 0 Å². The molecule has 1 aliphatic heterocycles. The van der Waals surface area contributed by atoms with Crippen molar-refractivity contribution >= 4 is 34.2 Å². The predicted octanol–water partition coefficient (Wildman–Crippen LogP) is 3.83. The summed E-state index contributed by atoms with van der Waals surface area (Å²) < 4.78 is 44.9. The van der Waals surface area contributed by atoms with E-state index in [1.807, 2.05) is 22.6 Å². The van der Waals surface area contributed by atoms with Crippen molar-refractivity contribution in [3.8, 4) is 5.75 Å². The molecule has 1 unspecified atom stereocenters. The van der Waals surface area contributed by atoms with E-state index in [4.69, 9.17) is 4.74 Å². The Hall–Kier alpha value is -0.406. The first-order chi connectivity index (χ1) is 11.0. The first-order valence-corrected chi connectivity index (χ1v) is 8.07. The molecule has 0 saturated carbocycles. The number of amides is 1. The van der Waals surface area contributed by atoms with Crippen molar-refractivity contribution < 1.29 is 55.4 Å². The van der Waals surface area contributed by atoms with Crippen LogP contribution in [0.15, 0.2) is 30.9 Å². The molecule has 8 heteroatoms. The molecule has 0 bridgehead atoms. The van der Waals surface area contributed by atoms with Gasteiger partial charge in [0.05, 0.1) is 22.0 Å². The van der Waals surface area contributed by atoms with Crippen LogP contribution in [0.25, 0.3) is 5.70 Å². The average Bonchev–Trinajstić information content (AvgIpc) is 2.50. The molecule has 1 aliphatic rings. The van der Waals surface area contributed by atoms with Crippen LogP contribution in [-0.2, 0) is 37.5 Å². The molecule has 1 heterocycles. The molecule has 3 nitrogen and oxygen atoms in total. The summed E-state index contributed by atoms with van der Waals surface area (Å²) in [5.74, 6) is -0.989. The zero-order chi connectivity index (χ0) is 17.0. The van der Waals surface area contributed by atoms with Crippen molar-refractivity contribution in [2.24, 2.45) is 0 Å². The monoisotopic (exact) mass is 525 g/mol. The number of carbonyl (C=O) groups excluding carboxylic acids is 1. The fourth-order valence-corrected chi connectivity index (χ4v) is 2.75. The zero-order valence-corrected chi connectivity index (χ0v) is 17.6. The molecule has 1 aromatic rings. The number of allylic oxidation sites excluding steroid dienone is 1. The number of rotatable bonds is 6. The first-order valence-electron chi connectivity index (χ1n) is 6.82. The largest absolute Gasteiger partial charge is 0.508 e. The number of hydrogen-bond donors (Lipinski definition) is 0. The van der Waals surface area contributed by atoms with E-state index >= 15 is 0 Å². The second-order valence-electron chi connectivity index (χ2n) is 4.75. The van der Waals surface area contributed by atoms with Crippen LogP contribution in [0.2, 0.25) is 0 Å². The van der Waals surface area contributed by atoms with Crippen LogP contribution in [0.1, 0.15) is 12.0 Å². The van der Waals surface area contributed by atoms with Crippen LogP contribution in [0, 0.1) is 11.9 Å². The molecule has 1 radical (unpaired) electrons. The molecule has 2 rings (SSSR count). The number of halogens is 4. The first kappa shape index (κ1) is 21.6. The van der Waals surface area contributed by atoms with Crippen LogP contribution >= 0.6 is 22.6 Å². The summed E-state index contributed by atoms with van der Waals surface area (Å²) in [6, 6.07) is 4.14. The van der Waals surface area contributed by atoms with Crippen molar-refractivity contribution in [2.75, 3.05) is 13.2 Å². The summed E-state index contributed by atoms with van der Waals surface area (Å²) in [4.78, 5) is 13.1. The van der Waals surface area contributed by atoms with Crippen LogP contribution in [0.5, 0.6) is 5.75 Å². The summed E-state index contributed by atoms with van der Waals surface area (Å²) in [5, 5.41) is 0. The molecule has 0 aliphatic carbocycles. The molecule has 0 saturated heterocycles. The molecule has 24 heavy (non-hydrogen) atoms. The summed E-state index contributed by atoms with van der Waals surface area (Å²) in [5.41, 5.74) is -0.0352. The quantitative estimate of drug-likeness (QED) is 0.245. The Balaban J connectivity index is 0.00000288. The third kappa shape index (κ3) is 5.05. The fourth-order valence-electron chi connectivity index (χ4n) is 2.19. The van der Waals surface area contributed by atoms with E-state index in [-0.39, 0.29) is 62.7 Å². The molecule has 0 N–H and O–H groups in total. The van der Waals surface area contributed by atoms with Gasteiger partial charge in [-0.05, 0) is 12.1 Å². The maximum atomic E-state index is 14.3. The maximum absolute atomic E-state index is 14.3. The topological polar surface area (TPSA) is 29.5 Å². The van der Waals surface area contributed by atoms with Crippen LogP contribution in [0.3, 0.4) is 0 Å². The van der Waals surface area contributed by atoms with Gasteiger partial charge >= 0.3 is 0 Å². The molecule has 1 aromatic carbocycles. The second-order valence-corrected chi connectivity index (χ2v) is 6.25. The smallest absolute Gasteiger partial charge is 0.256 e. The summed E-state index contributed by atoms with van der Waals surface area (Å²) in [7, 11) is 0. The van der Waals surface area contributed by atoms with E-state index in [0.29, 0.717) is 0 Å². The Bertz CT molecular complexity index is 640. The number of nitrogens with zero attached hydrogens (tertiary/aromatic N) is 1. The van der Waals surface area contributed by atoms with Gasteiger partial charge in [0.15, 0.2) is 0 Å². The van der Waals surface area contributed by atoms with Gasteiger partial charge < -0.3 is 9.64 Å². The Morgan fingerprint density at radius 1 is 1.50 bits per heavy atom. The number of hydrogen-bond acceptors (Lipinski definition) is 2. The minimum Gasteiger partial charge on any atom is -0.508 e. The zero-order valence-electron chi connectivity index (χ0n) is 12.6. The van der Waals surface area contributed by atoms with Crippen molar-refractivity contribution in [3.63, 3.8) is 0 Å². The normalized spacial score (nSPS) is 17.4. The van der Waals surface area contributed by atoms with Crippen LogP contribution in [0.4, 0.5) is 13.2 Å². The number of benzene rings is 1. The Labute approximate surface area is 177 Å². The summed E-state index contributed by atoms with van der Waals surface area (Å²) >= 11 is 1.86.